The Morgan fingerprint density at radius 2 is 2.00 bits per heavy atom. The minimum absolute atomic E-state index is 0.149. The Labute approximate surface area is 121 Å². The number of hydrogen-bond acceptors (Lipinski definition) is 3. The van der Waals surface area contributed by atoms with Gasteiger partial charge in [-0.3, -0.25) is 4.79 Å². The van der Waals surface area contributed by atoms with Gasteiger partial charge in [-0.05, 0) is 37.3 Å². The molecule has 1 N–H and O–H groups in total. The molecule has 0 saturated carbocycles. The summed E-state index contributed by atoms with van der Waals surface area (Å²) in [5.41, 5.74) is 3.52. The first-order chi connectivity index (χ1) is 9.27. The first-order valence-corrected chi connectivity index (χ1v) is 6.98. The molecule has 0 radical (unpaired) electrons. The first kappa shape index (κ1) is 16.3. The molecule has 0 spiro atoms. The smallest absolute Gasteiger partial charge is 0.308 e. The summed E-state index contributed by atoms with van der Waals surface area (Å²) in [6.07, 6.45) is 1.28. The maximum Gasteiger partial charge on any atom is 0.308 e. The number of benzene rings is 1. The lowest BCUT2D eigenvalue weighted by Crippen LogP contribution is -2.10. The second-order valence-electron chi connectivity index (χ2n) is 5.51. The molecule has 0 aliphatic carbocycles. The molecule has 1 aromatic carbocycles. The molecule has 110 valence electrons. The third-order valence-electron chi connectivity index (χ3n) is 3.16. The van der Waals surface area contributed by atoms with E-state index in [0.717, 1.165) is 22.3 Å². The molecule has 1 aromatic rings. The zero-order valence-electron chi connectivity index (χ0n) is 13.0. The third kappa shape index (κ3) is 3.62. The van der Waals surface area contributed by atoms with Gasteiger partial charge in [-0.2, -0.15) is 0 Å². The molecule has 0 saturated heterocycles. The largest absolute Gasteiger partial charge is 0.508 e. The van der Waals surface area contributed by atoms with Gasteiger partial charge in [0.1, 0.15) is 11.5 Å². The fraction of sp³-hybridized carbons (Fsp3) is 0.471. The van der Waals surface area contributed by atoms with Crippen molar-refractivity contribution in [3.05, 3.63) is 34.9 Å². The predicted molar refractivity (Wildman–Crippen MR) is 81.4 cm³/mol. The number of allylic oxidation sites excluding steroid dienone is 1. The molecule has 0 aliphatic rings. The Morgan fingerprint density at radius 1 is 1.40 bits per heavy atom. The number of esters is 1. The van der Waals surface area contributed by atoms with Crippen molar-refractivity contribution < 1.29 is 14.6 Å². The quantitative estimate of drug-likeness (QED) is 0.500. The minimum atomic E-state index is -0.339. The molecule has 0 bridgehead atoms. The van der Waals surface area contributed by atoms with Crippen LogP contribution in [0.2, 0.25) is 0 Å². The fourth-order valence-corrected chi connectivity index (χ4v) is 2.39. The predicted octanol–water partition coefficient (Wildman–Crippen LogP) is 4.12. The summed E-state index contributed by atoms with van der Waals surface area (Å²) in [6, 6.07) is 1.70. The van der Waals surface area contributed by atoms with Crippen LogP contribution >= 0.6 is 0 Å². The van der Waals surface area contributed by atoms with E-state index in [9.17, 15) is 9.90 Å². The molecule has 20 heavy (non-hydrogen) atoms. The summed E-state index contributed by atoms with van der Waals surface area (Å²) in [5.74, 6) is 0.665. The van der Waals surface area contributed by atoms with Crippen molar-refractivity contribution >= 4 is 5.97 Å². The average Bonchev–Trinajstić information content (AvgIpc) is 2.31. The van der Waals surface area contributed by atoms with Crippen molar-refractivity contribution in [2.75, 3.05) is 0 Å². The number of rotatable bonds is 5. The van der Waals surface area contributed by atoms with E-state index >= 15 is 0 Å². The Bertz CT molecular complexity index is 528. The Kier molecular flexibility index (Phi) is 5.37. The summed E-state index contributed by atoms with van der Waals surface area (Å²) < 4.78 is 5.43. The van der Waals surface area contributed by atoms with E-state index < -0.39 is 0 Å². The second kappa shape index (κ2) is 6.60. The van der Waals surface area contributed by atoms with E-state index in [-0.39, 0.29) is 17.6 Å². The molecule has 0 aromatic heterocycles. The summed E-state index contributed by atoms with van der Waals surface area (Å²) in [5, 5.41) is 10.3. The van der Waals surface area contributed by atoms with Crippen LogP contribution in [-0.2, 0) is 17.6 Å². The van der Waals surface area contributed by atoms with Crippen molar-refractivity contribution in [2.24, 2.45) is 0 Å². The number of hydrogen-bond donors (Lipinski definition) is 1. The molecule has 3 heteroatoms. The highest BCUT2D eigenvalue weighted by Gasteiger charge is 2.21. The number of carbonyl (C=O) groups excluding carboxylic acids is 1. The molecule has 0 fully saturated rings. The number of carbonyl (C=O) groups is 1. The van der Waals surface area contributed by atoms with Gasteiger partial charge in [-0.1, -0.05) is 32.9 Å². The summed E-state index contributed by atoms with van der Waals surface area (Å²) in [7, 11) is 0. The maximum absolute atomic E-state index is 11.4. The normalized spacial score (nSPS) is 10.7. The molecular weight excluding hydrogens is 252 g/mol. The summed E-state index contributed by atoms with van der Waals surface area (Å²) in [4.78, 5) is 11.4. The molecular formula is C17H24O3. The Morgan fingerprint density at radius 3 is 2.40 bits per heavy atom. The number of phenols is 1. The van der Waals surface area contributed by atoms with E-state index in [1.165, 1.54) is 6.92 Å². The molecule has 1 rings (SSSR count). The van der Waals surface area contributed by atoms with Crippen molar-refractivity contribution in [1.82, 2.24) is 0 Å². The zero-order chi connectivity index (χ0) is 15.4. The first-order valence-electron chi connectivity index (χ1n) is 6.98. The van der Waals surface area contributed by atoms with Crippen LogP contribution in [0.5, 0.6) is 11.5 Å². The standard InChI is InChI=1S/C17H24O3/c1-7-13-9-15(19)14(8-10(2)3)16(11(4)5)17(13)20-12(6)18/h9,11,19H,2,7-8H2,1,3-6H3. The van der Waals surface area contributed by atoms with Crippen LogP contribution in [0.4, 0.5) is 0 Å². The van der Waals surface area contributed by atoms with Gasteiger partial charge in [-0.25, -0.2) is 0 Å². The van der Waals surface area contributed by atoms with Crippen molar-refractivity contribution in [2.45, 2.75) is 53.4 Å². The highest BCUT2D eigenvalue weighted by molar-refractivity contribution is 5.71. The fourth-order valence-electron chi connectivity index (χ4n) is 2.39. The van der Waals surface area contributed by atoms with Crippen LogP contribution in [0.3, 0.4) is 0 Å². The van der Waals surface area contributed by atoms with Gasteiger partial charge in [0.2, 0.25) is 0 Å². The SMILES string of the molecule is C=C(C)Cc1c(O)cc(CC)c(OC(C)=O)c1C(C)C. The van der Waals surface area contributed by atoms with Crippen LogP contribution in [0.1, 0.15) is 57.2 Å². The number of ether oxygens (including phenoxy) is 1. The van der Waals surface area contributed by atoms with Crippen molar-refractivity contribution in [3.63, 3.8) is 0 Å². The van der Waals surface area contributed by atoms with E-state index in [1.54, 1.807) is 6.07 Å². The second-order valence-corrected chi connectivity index (χ2v) is 5.51. The van der Waals surface area contributed by atoms with Gasteiger partial charge in [0, 0.05) is 18.1 Å². The summed E-state index contributed by atoms with van der Waals surface area (Å²) in [6.45, 7) is 13.3. The van der Waals surface area contributed by atoms with Crippen LogP contribution in [-0.4, -0.2) is 11.1 Å². The van der Waals surface area contributed by atoms with Gasteiger partial charge in [-0.15, -0.1) is 0 Å². The topological polar surface area (TPSA) is 46.5 Å². The molecule has 0 amide bonds. The van der Waals surface area contributed by atoms with Gasteiger partial charge in [0.05, 0.1) is 0 Å². The lowest BCUT2D eigenvalue weighted by atomic mass is 9.89. The lowest BCUT2D eigenvalue weighted by Gasteiger charge is -2.21. The van der Waals surface area contributed by atoms with Gasteiger partial charge in [0.25, 0.3) is 0 Å². The molecule has 0 unspecified atom stereocenters. The molecule has 0 aliphatic heterocycles. The number of phenolic OH excluding ortho intramolecular Hbond substituents is 1. The summed E-state index contributed by atoms with van der Waals surface area (Å²) >= 11 is 0. The highest BCUT2D eigenvalue weighted by Crippen LogP contribution is 2.40. The molecule has 0 heterocycles. The van der Waals surface area contributed by atoms with Crippen molar-refractivity contribution in [1.29, 1.82) is 0 Å². The van der Waals surface area contributed by atoms with E-state index in [4.69, 9.17) is 4.74 Å². The Hall–Kier alpha value is -1.77. The van der Waals surface area contributed by atoms with Crippen molar-refractivity contribution in [3.8, 4) is 11.5 Å². The third-order valence-corrected chi connectivity index (χ3v) is 3.16. The lowest BCUT2D eigenvalue weighted by molar-refractivity contribution is -0.132. The van der Waals surface area contributed by atoms with Gasteiger partial charge < -0.3 is 9.84 Å². The average molecular weight is 276 g/mol. The Balaban J connectivity index is 3.59. The van der Waals surface area contributed by atoms with Crippen LogP contribution < -0.4 is 4.74 Å². The van der Waals surface area contributed by atoms with E-state index in [2.05, 4.69) is 6.58 Å². The van der Waals surface area contributed by atoms with E-state index in [1.807, 2.05) is 27.7 Å². The monoisotopic (exact) mass is 276 g/mol. The number of aryl methyl sites for hydroxylation is 1. The van der Waals surface area contributed by atoms with Crippen LogP contribution in [0, 0.1) is 0 Å². The van der Waals surface area contributed by atoms with Crippen LogP contribution in [0.15, 0.2) is 18.2 Å². The van der Waals surface area contributed by atoms with Gasteiger partial charge in [0.15, 0.2) is 0 Å². The van der Waals surface area contributed by atoms with E-state index in [0.29, 0.717) is 18.6 Å². The zero-order valence-corrected chi connectivity index (χ0v) is 13.0. The minimum Gasteiger partial charge on any atom is -0.508 e. The molecule has 3 nitrogen and oxygen atoms in total. The van der Waals surface area contributed by atoms with Crippen LogP contribution in [0.25, 0.3) is 0 Å². The highest BCUT2D eigenvalue weighted by atomic mass is 16.5. The maximum atomic E-state index is 11.4. The van der Waals surface area contributed by atoms with Gasteiger partial charge >= 0.3 is 5.97 Å². The molecule has 0 atom stereocenters. The number of aromatic hydroxyl groups is 1.